The number of rotatable bonds is 4. The number of carbonyl (C=O) groups is 1. The Morgan fingerprint density at radius 1 is 1.48 bits per heavy atom. The van der Waals surface area contributed by atoms with Crippen LogP contribution in [0.4, 0.5) is 0 Å². The number of aromatic carboxylic acids is 1. The van der Waals surface area contributed by atoms with Crippen molar-refractivity contribution in [1.82, 2.24) is 4.31 Å². The first-order valence-electron chi connectivity index (χ1n) is 6.84. The van der Waals surface area contributed by atoms with Crippen LogP contribution in [-0.2, 0) is 10.0 Å². The summed E-state index contributed by atoms with van der Waals surface area (Å²) in [4.78, 5) is 11.2. The van der Waals surface area contributed by atoms with Crippen LogP contribution < -0.4 is 0 Å². The molecule has 1 fully saturated rings. The van der Waals surface area contributed by atoms with Gasteiger partial charge in [0.25, 0.3) is 0 Å². The molecule has 2 rings (SSSR count). The summed E-state index contributed by atoms with van der Waals surface area (Å²) in [5.41, 5.74) is 0.585. The number of aryl methyl sites for hydroxylation is 1. The molecule has 0 radical (unpaired) electrons. The fraction of sp³-hybridized carbons (Fsp3) is 0.500. The van der Waals surface area contributed by atoms with Crippen LogP contribution in [0.5, 0.6) is 0 Å². The molecule has 1 aromatic carbocycles. The maximum absolute atomic E-state index is 12.9. The van der Waals surface area contributed by atoms with Gasteiger partial charge in [0.1, 0.15) is 0 Å². The highest BCUT2D eigenvalue weighted by atomic mass is 79.9. The quantitative estimate of drug-likeness (QED) is 0.877. The second-order valence-corrected chi connectivity index (χ2v) is 7.88. The highest BCUT2D eigenvalue weighted by Crippen LogP contribution is 2.33. The summed E-state index contributed by atoms with van der Waals surface area (Å²) < 4.78 is 27.6. The molecule has 1 N–H and O–H groups in total. The maximum atomic E-state index is 12.9. The summed E-state index contributed by atoms with van der Waals surface area (Å²) in [5.74, 6) is -1.13. The zero-order valence-corrected chi connectivity index (χ0v) is 14.4. The van der Waals surface area contributed by atoms with Crippen LogP contribution in [-0.4, -0.2) is 36.4 Å². The number of halogens is 1. The smallest absolute Gasteiger partial charge is 0.335 e. The summed E-state index contributed by atoms with van der Waals surface area (Å²) in [6.07, 6.45) is 2.45. The van der Waals surface area contributed by atoms with Crippen LogP contribution in [0.2, 0.25) is 0 Å². The third-order valence-electron chi connectivity index (χ3n) is 3.85. The summed E-state index contributed by atoms with van der Waals surface area (Å²) >= 11 is 3.29. The molecule has 1 aromatic rings. The molecule has 0 bridgehead atoms. The molecule has 1 saturated heterocycles. The van der Waals surface area contributed by atoms with Crippen LogP contribution in [0, 0.1) is 6.92 Å². The van der Waals surface area contributed by atoms with Gasteiger partial charge in [-0.3, -0.25) is 0 Å². The van der Waals surface area contributed by atoms with Crippen molar-refractivity contribution < 1.29 is 18.3 Å². The largest absolute Gasteiger partial charge is 0.478 e. The Bertz CT molecular complexity index is 672. The molecule has 0 aromatic heterocycles. The van der Waals surface area contributed by atoms with Crippen molar-refractivity contribution in [2.45, 2.75) is 44.0 Å². The van der Waals surface area contributed by atoms with Gasteiger partial charge in [-0.15, -0.1) is 0 Å². The van der Waals surface area contributed by atoms with Gasteiger partial charge < -0.3 is 5.11 Å². The first-order valence-corrected chi connectivity index (χ1v) is 9.07. The van der Waals surface area contributed by atoms with Crippen LogP contribution in [0.25, 0.3) is 0 Å². The standard InChI is InChI=1S/C14H18BrNO4S/c1-3-11-5-4-6-16(11)21(19,20)12-8-10(14(17)18)7-9(2)13(12)15/h7-8,11H,3-6H2,1-2H3,(H,17,18). The Kier molecular flexibility index (Phi) is 4.75. The van der Waals surface area contributed by atoms with E-state index >= 15 is 0 Å². The predicted octanol–water partition coefficient (Wildman–Crippen LogP) is 3.02. The number of hydrogen-bond donors (Lipinski definition) is 1. The maximum Gasteiger partial charge on any atom is 0.335 e. The number of carboxylic acids is 1. The minimum Gasteiger partial charge on any atom is -0.478 e. The number of hydrogen-bond acceptors (Lipinski definition) is 3. The van der Waals surface area contributed by atoms with Gasteiger partial charge in [-0.25, -0.2) is 13.2 Å². The summed E-state index contributed by atoms with van der Waals surface area (Å²) in [5, 5.41) is 9.13. The van der Waals surface area contributed by atoms with Crippen LogP contribution in [0.1, 0.15) is 42.1 Å². The summed E-state index contributed by atoms with van der Waals surface area (Å²) in [6, 6.07) is 2.70. The first kappa shape index (κ1) is 16.5. The van der Waals surface area contributed by atoms with Gasteiger partial charge in [-0.2, -0.15) is 4.31 Å². The molecule has 1 atom stereocenters. The lowest BCUT2D eigenvalue weighted by molar-refractivity contribution is 0.0696. The van der Waals surface area contributed by atoms with Crippen molar-refractivity contribution in [3.8, 4) is 0 Å². The van der Waals surface area contributed by atoms with Crippen molar-refractivity contribution in [3.05, 3.63) is 27.7 Å². The molecular formula is C14H18BrNO4S. The Balaban J connectivity index is 2.56. The number of nitrogens with zero attached hydrogens (tertiary/aromatic N) is 1. The molecule has 116 valence electrons. The zero-order chi connectivity index (χ0) is 15.8. The van der Waals surface area contributed by atoms with E-state index in [1.807, 2.05) is 6.92 Å². The lowest BCUT2D eigenvalue weighted by atomic mass is 10.1. The molecular weight excluding hydrogens is 358 g/mol. The number of sulfonamides is 1. The molecule has 1 heterocycles. The van der Waals surface area contributed by atoms with E-state index in [1.165, 1.54) is 16.4 Å². The average Bonchev–Trinajstić information content (AvgIpc) is 2.90. The summed E-state index contributed by atoms with van der Waals surface area (Å²) in [6.45, 7) is 4.15. The van der Waals surface area contributed by atoms with E-state index < -0.39 is 16.0 Å². The monoisotopic (exact) mass is 375 g/mol. The highest BCUT2D eigenvalue weighted by Gasteiger charge is 2.36. The van der Waals surface area contributed by atoms with E-state index in [0.29, 0.717) is 16.6 Å². The molecule has 5 nitrogen and oxygen atoms in total. The molecule has 7 heteroatoms. The highest BCUT2D eigenvalue weighted by molar-refractivity contribution is 9.10. The Labute approximate surface area is 133 Å². The molecule has 0 aliphatic carbocycles. The first-order chi connectivity index (χ1) is 9.78. The van der Waals surface area contributed by atoms with Gasteiger partial charge in [0.05, 0.1) is 10.5 Å². The Morgan fingerprint density at radius 3 is 2.71 bits per heavy atom. The predicted molar refractivity (Wildman–Crippen MR) is 83.0 cm³/mol. The Hall–Kier alpha value is -0.920. The van der Waals surface area contributed by atoms with Gasteiger partial charge in [0.2, 0.25) is 10.0 Å². The molecule has 1 unspecified atom stereocenters. The SMILES string of the molecule is CCC1CCCN1S(=O)(=O)c1cc(C(=O)O)cc(C)c1Br. The third kappa shape index (κ3) is 3.00. The van der Waals surface area contributed by atoms with Crippen LogP contribution in [0.15, 0.2) is 21.5 Å². The second-order valence-electron chi connectivity index (χ2n) is 5.23. The van der Waals surface area contributed by atoms with Crippen LogP contribution in [0.3, 0.4) is 0 Å². The van der Waals surface area contributed by atoms with Crippen LogP contribution >= 0.6 is 15.9 Å². The summed E-state index contributed by atoms with van der Waals surface area (Å²) in [7, 11) is -3.69. The lowest BCUT2D eigenvalue weighted by Gasteiger charge is -2.24. The van der Waals surface area contributed by atoms with E-state index in [9.17, 15) is 13.2 Å². The van der Waals surface area contributed by atoms with Crippen molar-refractivity contribution in [1.29, 1.82) is 0 Å². The molecule has 0 saturated carbocycles. The van der Waals surface area contributed by atoms with E-state index in [-0.39, 0.29) is 16.5 Å². The average molecular weight is 376 g/mol. The number of benzene rings is 1. The van der Waals surface area contributed by atoms with E-state index in [0.717, 1.165) is 19.3 Å². The lowest BCUT2D eigenvalue weighted by Crippen LogP contribution is -2.35. The molecule has 1 aliphatic heterocycles. The van der Waals surface area contributed by atoms with Crippen molar-refractivity contribution >= 4 is 31.9 Å². The van der Waals surface area contributed by atoms with Crippen molar-refractivity contribution in [2.24, 2.45) is 0 Å². The fourth-order valence-corrected chi connectivity index (χ4v) is 5.48. The molecule has 0 amide bonds. The fourth-order valence-electron chi connectivity index (χ4n) is 2.71. The van der Waals surface area contributed by atoms with Gasteiger partial charge in [-0.05, 0) is 59.8 Å². The van der Waals surface area contributed by atoms with Gasteiger partial charge in [0.15, 0.2) is 0 Å². The topological polar surface area (TPSA) is 74.7 Å². The minimum absolute atomic E-state index is 0.00399. The van der Waals surface area contributed by atoms with Crippen molar-refractivity contribution in [2.75, 3.05) is 6.54 Å². The van der Waals surface area contributed by atoms with Gasteiger partial charge >= 0.3 is 5.97 Å². The second kappa shape index (κ2) is 6.06. The van der Waals surface area contributed by atoms with Gasteiger partial charge in [0, 0.05) is 17.1 Å². The molecule has 0 spiro atoms. The van der Waals surface area contributed by atoms with E-state index in [1.54, 1.807) is 6.92 Å². The van der Waals surface area contributed by atoms with E-state index in [2.05, 4.69) is 15.9 Å². The molecule has 21 heavy (non-hydrogen) atoms. The van der Waals surface area contributed by atoms with E-state index in [4.69, 9.17) is 5.11 Å². The van der Waals surface area contributed by atoms with Crippen molar-refractivity contribution in [3.63, 3.8) is 0 Å². The minimum atomic E-state index is -3.69. The number of carboxylic acid groups (broad SMARTS) is 1. The zero-order valence-electron chi connectivity index (χ0n) is 12.0. The van der Waals surface area contributed by atoms with Gasteiger partial charge in [-0.1, -0.05) is 6.92 Å². The normalized spacial score (nSPS) is 19.9. The third-order valence-corrected chi connectivity index (χ3v) is 7.14. The molecule has 1 aliphatic rings. The Morgan fingerprint density at radius 2 is 2.14 bits per heavy atom.